The number of hydrogen-bond donors (Lipinski definition) is 0. The molecule has 0 amide bonds. The van der Waals surface area contributed by atoms with E-state index >= 15 is 0 Å². The SMILES string of the molecule is O=C=Nc1ccc(OC(=O)c2ccc(N=C=O)cc2)cc1. The molecule has 6 nitrogen and oxygen atoms in total. The molecule has 0 N–H and O–H groups in total. The van der Waals surface area contributed by atoms with Gasteiger partial charge in [-0.1, -0.05) is 0 Å². The Morgan fingerprint density at radius 1 is 0.810 bits per heavy atom. The zero-order valence-electron chi connectivity index (χ0n) is 10.6. The second-order valence-electron chi connectivity index (χ2n) is 3.84. The summed E-state index contributed by atoms with van der Waals surface area (Å²) in [4.78, 5) is 38.9. The Labute approximate surface area is 119 Å². The van der Waals surface area contributed by atoms with Gasteiger partial charge in [-0.05, 0) is 48.5 Å². The van der Waals surface area contributed by atoms with Gasteiger partial charge in [0, 0.05) is 0 Å². The summed E-state index contributed by atoms with van der Waals surface area (Å²) >= 11 is 0. The van der Waals surface area contributed by atoms with Gasteiger partial charge in [-0.2, -0.15) is 9.98 Å². The molecule has 0 spiro atoms. The lowest BCUT2D eigenvalue weighted by Gasteiger charge is -2.04. The van der Waals surface area contributed by atoms with Crippen molar-refractivity contribution < 1.29 is 19.1 Å². The summed E-state index contributed by atoms with van der Waals surface area (Å²) < 4.78 is 5.15. The van der Waals surface area contributed by atoms with Crippen LogP contribution < -0.4 is 4.74 Å². The van der Waals surface area contributed by atoms with Gasteiger partial charge in [-0.3, -0.25) is 0 Å². The summed E-state index contributed by atoms with van der Waals surface area (Å²) in [6.07, 6.45) is 2.83. The van der Waals surface area contributed by atoms with E-state index in [-0.39, 0.29) is 0 Å². The Morgan fingerprint density at radius 3 is 1.76 bits per heavy atom. The molecule has 0 bridgehead atoms. The van der Waals surface area contributed by atoms with Gasteiger partial charge >= 0.3 is 5.97 Å². The smallest absolute Gasteiger partial charge is 0.343 e. The van der Waals surface area contributed by atoms with Crippen molar-refractivity contribution in [2.24, 2.45) is 9.98 Å². The second-order valence-corrected chi connectivity index (χ2v) is 3.84. The lowest BCUT2D eigenvalue weighted by molar-refractivity contribution is 0.0735. The first kappa shape index (κ1) is 14.1. The molecule has 0 radical (unpaired) electrons. The molecule has 0 saturated carbocycles. The molecule has 0 atom stereocenters. The number of esters is 1. The molecule has 0 heterocycles. The van der Waals surface area contributed by atoms with Crippen molar-refractivity contribution in [3.05, 3.63) is 54.1 Å². The number of rotatable bonds is 4. The van der Waals surface area contributed by atoms with Crippen molar-refractivity contribution in [1.82, 2.24) is 0 Å². The average molecular weight is 280 g/mol. The highest BCUT2D eigenvalue weighted by molar-refractivity contribution is 5.91. The van der Waals surface area contributed by atoms with Gasteiger partial charge in [0.05, 0.1) is 16.9 Å². The molecule has 21 heavy (non-hydrogen) atoms. The Hall–Kier alpha value is -3.33. The molecule has 0 aromatic heterocycles. The fourth-order valence-corrected chi connectivity index (χ4v) is 1.53. The maximum atomic E-state index is 11.9. The molecule has 0 fully saturated rings. The van der Waals surface area contributed by atoms with Crippen LogP contribution in [0.3, 0.4) is 0 Å². The summed E-state index contributed by atoms with van der Waals surface area (Å²) in [5.74, 6) is -0.233. The molecular formula is C15H8N2O4. The molecule has 0 aliphatic rings. The van der Waals surface area contributed by atoms with Crippen LogP contribution in [0.2, 0.25) is 0 Å². The minimum Gasteiger partial charge on any atom is -0.423 e. The van der Waals surface area contributed by atoms with Crippen LogP contribution in [0.25, 0.3) is 0 Å². The normalized spacial score (nSPS) is 9.14. The van der Waals surface area contributed by atoms with E-state index in [1.165, 1.54) is 60.7 Å². The van der Waals surface area contributed by atoms with Crippen LogP contribution in [-0.4, -0.2) is 18.1 Å². The Bertz CT molecular complexity index is 738. The zero-order valence-corrected chi connectivity index (χ0v) is 10.6. The minimum absolute atomic E-state index is 0.315. The van der Waals surface area contributed by atoms with Gasteiger partial charge in [-0.25, -0.2) is 14.4 Å². The molecule has 6 heteroatoms. The number of ether oxygens (including phenoxy) is 1. The molecule has 2 rings (SSSR count). The first-order valence-electron chi connectivity index (χ1n) is 5.81. The molecule has 2 aromatic carbocycles. The van der Waals surface area contributed by atoms with Crippen LogP contribution in [0.5, 0.6) is 5.75 Å². The van der Waals surface area contributed by atoms with E-state index in [1.54, 1.807) is 0 Å². The van der Waals surface area contributed by atoms with Crippen LogP contribution in [0.4, 0.5) is 11.4 Å². The maximum absolute atomic E-state index is 11.9. The standard InChI is InChI=1S/C15H8N2O4/c18-9-16-12-3-1-11(2-4-12)15(20)21-14-7-5-13(6-8-14)17-10-19/h1-8H. The van der Waals surface area contributed by atoms with Crippen LogP contribution >= 0.6 is 0 Å². The van der Waals surface area contributed by atoms with Crippen molar-refractivity contribution in [3.8, 4) is 5.75 Å². The van der Waals surface area contributed by atoms with E-state index in [0.717, 1.165) is 0 Å². The predicted octanol–water partition coefficient (Wildman–Crippen LogP) is 2.84. The van der Waals surface area contributed by atoms with E-state index < -0.39 is 5.97 Å². The summed E-state index contributed by atoms with van der Waals surface area (Å²) in [7, 11) is 0. The number of carbonyl (C=O) groups excluding carboxylic acids is 3. The quantitative estimate of drug-likeness (QED) is 0.373. The van der Waals surface area contributed by atoms with Gasteiger partial charge in [0.2, 0.25) is 12.2 Å². The zero-order chi connectivity index (χ0) is 15.1. The highest BCUT2D eigenvalue weighted by atomic mass is 16.5. The van der Waals surface area contributed by atoms with Gasteiger partial charge in [0.25, 0.3) is 0 Å². The topological polar surface area (TPSA) is 85.2 Å². The van der Waals surface area contributed by atoms with E-state index in [9.17, 15) is 14.4 Å². The van der Waals surface area contributed by atoms with E-state index in [2.05, 4.69) is 9.98 Å². The largest absolute Gasteiger partial charge is 0.423 e. The lowest BCUT2D eigenvalue weighted by atomic mass is 10.2. The van der Waals surface area contributed by atoms with Gasteiger partial charge in [0.1, 0.15) is 5.75 Å². The Balaban J connectivity index is 2.09. The number of hydrogen-bond acceptors (Lipinski definition) is 6. The summed E-state index contributed by atoms with van der Waals surface area (Å²) in [5, 5.41) is 0. The van der Waals surface area contributed by atoms with Crippen LogP contribution in [0, 0.1) is 0 Å². The summed E-state index contributed by atoms with van der Waals surface area (Å²) in [6.45, 7) is 0. The van der Waals surface area contributed by atoms with Crippen LogP contribution in [-0.2, 0) is 9.59 Å². The highest BCUT2D eigenvalue weighted by Gasteiger charge is 2.08. The molecule has 0 aliphatic heterocycles. The molecule has 0 unspecified atom stereocenters. The van der Waals surface area contributed by atoms with Crippen molar-refractivity contribution in [1.29, 1.82) is 0 Å². The fraction of sp³-hybridized carbons (Fsp3) is 0. The van der Waals surface area contributed by atoms with Crippen LogP contribution in [0.1, 0.15) is 10.4 Å². The number of aliphatic imine (C=N–C) groups is 2. The van der Waals surface area contributed by atoms with E-state index in [4.69, 9.17) is 4.74 Å². The minimum atomic E-state index is -0.553. The van der Waals surface area contributed by atoms with Gasteiger partial charge < -0.3 is 4.74 Å². The van der Waals surface area contributed by atoms with E-state index in [1.807, 2.05) is 0 Å². The Morgan fingerprint density at radius 2 is 1.29 bits per heavy atom. The number of carbonyl (C=O) groups is 1. The fourth-order valence-electron chi connectivity index (χ4n) is 1.53. The van der Waals surface area contributed by atoms with Gasteiger partial charge in [0.15, 0.2) is 0 Å². The highest BCUT2D eigenvalue weighted by Crippen LogP contribution is 2.19. The summed E-state index contributed by atoms with van der Waals surface area (Å²) in [6, 6.07) is 12.1. The molecule has 2 aromatic rings. The monoisotopic (exact) mass is 280 g/mol. The van der Waals surface area contributed by atoms with Crippen molar-refractivity contribution >= 4 is 29.5 Å². The molecular weight excluding hydrogens is 272 g/mol. The summed E-state index contributed by atoms with van der Waals surface area (Å²) in [5.41, 5.74) is 1.13. The Kier molecular flexibility index (Phi) is 4.51. The van der Waals surface area contributed by atoms with Crippen molar-refractivity contribution in [3.63, 3.8) is 0 Å². The van der Waals surface area contributed by atoms with Crippen molar-refractivity contribution in [2.75, 3.05) is 0 Å². The first-order chi connectivity index (χ1) is 10.2. The molecule has 0 saturated heterocycles. The molecule has 102 valence electrons. The van der Waals surface area contributed by atoms with E-state index in [0.29, 0.717) is 22.7 Å². The van der Waals surface area contributed by atoms with Crippen molar-refractivity contribution in [2.45, 2.75) is 0 Å². The second kappa shape index (κ2) is 6.73. The number of benzene rings is 2. The van der Waals surface area contributed by atoms with Crippen LogP contribution in [0.15, 0.2) is 58.5 Å². The third-order valence-electron chi connectivity index (χ3n) is 2.50. The molecule has 0 aliphatic carbocycles. The average Bonchev–Trinajstić information content (AvgIpc) is 2.50. The predicted molar refractivity (Wildman–Crippen MR) is 73.4 cm³/mol. The third-order valence-corrected chi connectivity index (χ3v) is 2.50. The number of isocyanates is 2. The first-order valence-corrected chi connectivity index (χ1v) is 5.81. The lowest BCUT2D eigenvalue weighted by Crippen LogP contribution is -2.07. The maximum Gasteiger partial charge on any atom is 0.343 e. The number of nitrogens with zero attached hydrogens (tertiary/aromatic N) is 2. The third kappa shape index (κ3) is 3.81. The van der Waals surface area contributed by atoms with Gasteiger partial charge in [-0.15, -0.1) is 0 Å².